The van der Waals surface area contributed by atoms with Crippen molar-refractivity contribution in [2.75, 3.05) is 4.90 Å². The highest BCUT2D eigenvalue weighted by Gasteiger charge is 2.43. The standard InChI is InChI=1S/C25H23ClN2OS/c26-17-11-9-15(10-12-17)13-20-18-6-2-1-5-16(18)14-28-23(20)27-24(29)22-19-7-3-4-8-21(19)30-25(22)28/h1-2,5-6,9-12,20,23H,3-4,7-8,13-14H2,(H,27,29). The Labute approximate surface area is 185 Å². The third-order valence-electron chi connectivity index (χ3n) is 6.80. The zero-order valence-electron chi connectivity index (χ0n) is 16.7. The molecule has 0 fully saturated rings. The summed E-state index contributed by atoms with van der Waals surface area (Å²) in [5.41, 5.74) is 6.22. The van der Waals surface area contributed by atoms with Gasteiger partial charge < -0.3 is 10.2 Å². The van der Waals surface area contributed by atoms with Gasteiger partial charge in [0.05, 0.1) is 5.56 Å². The molecule has 1 N–H and O–H groups in total. The molecule has 3 heterocycles. The van der Waals surface area contributed by atoms with Gasteiger partial charge in [-0.15, -0.1) is 11.3 Å². The fourth-order valence-electron chi connectivity index (χ4n) is 5.38. The molecule has 1 aliphatic carbocycles. The van der Waals surface area contributed by atoms with Crippen LogP contribution in [0.25, 0.3) is 0 Å². The Balaban J connectivity index is 1.45. The molecule has 3 aromatic rings. The highest BCUT2D eigenvalue weighted by Crippen LogP contribution is 2.47. The lowest BCUT2D eigenvalue weighted by molar-refractivity contribution is 0.0915. The van der Waals surface area contributed by atoms with Crippen LogP contribution in [0.4, 0.5) is 5.00 Å². The molecule has 152 valence electrons. The maximum Gasteiger partial charge on any atom is 0.256 e. The minimum absolute atomic E-state index is 0.0179. The molecule has 30 heavy (non-hydrogen) atoms. The molecule has 0 bridgehead atoms. The van der Waals surface area contributed by atoms with Crippen molar-refractivity contribution in [1.29, 1.82) is 0 Å². The quantitative estimate of drug-likeness (QED) is 0.561. The van der Waals surface area contributed by atoms with Gasteiger partial charge in [-0.2, -0.15) is 0 Å². The number of anilines is 1. The predicted molar refractivity (Wildman–Crippen MR) is 123 cm³/mol. The molecule has 1 amide bonds. The number of hydrogen-bond donors (Lipinski definition) is 1. The monoisotopic (exact) mass is 434 g/mol. The number of nitrogens with one attached hydrogen (secondary N) is 1. The summed E-state index contributed by atoms with van der Waals surface area (Å²) >= 11 is 7.97. The molecule has 5 heteroatoms. The minimum atomic E-state index is -0.0179. The Morgan fingerprint density at radius 3 is 2.73 bits per heavy atom. The van der Waals surface area contributed by atoms with E-state index in [4.69, 9.17) is 11.6 Å². The number of rotatable bonds is 2. The van der Waals surface area contributed by atoms with Crippen molar-refractivity contribution in [3.63, 3.8) is 0 Å². The van der Waals surface area contributed by atoms with Gasteiger partial charge >= 0.3 is 0 Å². The molecule has 0 radical (unpaired) electrons. The fraction of sp³-hybridized carbons (Fsp3) is 0.320. The number of carbonyl (C=O) groups excluding carboxylic acids is 1. The molecule has 2 aliphatic heterocycles. The van der Waals surface area contributed by atoms with Crippen molar-refractivity contribution < 1.29 is 4.79 Å². The van der Waals surface area contributed by atoms with Crippen LogP contribution in [0.2, 0.25) is 5.02 Å². The van der Waals surface area contributed by atoms with E-state index in [1.807, 2.05) is 23.5 Å². The third kappa shape index (κ3) is 2.89. The van der Waals surface area contributed by atoms with E-state index >= 15 is 0 Å². The minimum Gasteiger partial charge on any atom is -0.338 e. The van der Waals surface area contributed by atoms with E-state index in [1.54, 1.807) is 0 Å². The summed E-state index contributed by atoms with van der Waals surface area (Å²) in [6.45, 7) is 0.852. The van der Waals surface area contributed by atoms with Crippen molar-refractivity contribution in [2.45, 2.75) is 50.7 Å². The topological polar surface area (TPSA) is 32.3 Å². The molecule has 0 saturated heterocycles. The Kier molecular flexibility index (Phi) is 4.39. The SMILES string of the molecule is O=C1NC2C(Cc3ccc(Cl)cc3)c3ccccc3CN2c2sc3c(c21)CCCC3. The molecule has 2 atom stereocenters. The van der Waals surface area contributed by atoms with Crippen molar-refractivity contribution >= 4 is 33.8 Å². The Morgan fingerprint density at radius 2 is 1.87 bits per heavy atom. The number of fused-ring (bicyclic) bond motifs is 6. The molecule has 0 saturated carbocycles. The third-order valence-corrected chi connectivity index (χ3v) is 8.38. The summed E-state index contributed by atoms with van der Waals surface area (Å²) in [7, 11) is 0. The van der Waals surface area contributed by atoms with E-state index in [0.29, 0.717) is 0 Å². The van der Waals surface area contributed by atoms with E-state index in [1.165, 1.54) is 45.0 Å². The van der Waals surface area contributed by atoms with Gasteiger partial charge in [-0.25, -0.2) is 0 Å². The number of amides is 1. The summed E-state index contributed by atoms with van der Waals surface area (Å²) in [6, 6.07) is 16.8. The molecule has 3 aliphatic rings. The average Bonchev–Trinajstić information content (AvgIpc) is 3.16. The summed E-state index contributed by atoms with van der Waals surface area (Å²) in [5, 5.41) is 5.34. The Hall–Kier alpha value is -2.30. The largest absolute Gasteiger partial charge is 0.338 e. The molecular weight excluding hydrogens is 412 g/mol. The van der Waals surface area contributed by atoms with Gasteiger partial charge in [0, 0.05) is 22.4 Å². The number of nitrogens with zero attached hydrogens (tertiary/aromatic N) is 1. The van der Waals surface area contributed by atoms with Gasteiger partial charge in [-0.05, 0) is 66.5 Å². The van der Waals surface area contributed by atoms with Gasteiger partial charge in [0.1, 0.15) is 11.2 Å². The first-order chi connectivity index (χ1) is 14.7. The van der Waals surface area contributed by atoms with Crippen LogP contribution < -0.4 is 10.2 Å². The first-order valence-electron chi connectivity index (χ1n) is 10.7. The van der Waals surface area contributed by atoms with Crippen LogP contribution in [-0.2, 0) is 25.8 Å². The van der Waals surface area contributed by atoms with Crippen LogP contribution >= 0.6 is 22.9 Å². The molecule has 2 aromatic carbocycles. The van der Waals surface area contributed by atoms with Crippen LogP contribution in [0, 0.1) is 0 Å². The predicted octanol–water partition coefficient (Wildman–Crippen LogP) is 5.70. The highest BCUT2D eigenvalue weighted by molar-refractivity contribution is 7.16. The lowest BCUT2D eigenvalue weighted by atomic mass is 9.81. The van der Waals surface area contributed by atoms with Gasteiger partial charge in [-0.3, -0.25) is 4.79 Å². The van der Waals surface area contributed by atoms with Crippen LogP contribution in [0.3, 0.4) is 0 Å². The highest BCUT2D eigenvalue weighted by atomic mass is 35.5. The average molecular weight is 435 g/mol. The summed E-state index contributed by atoms with van der Waals surface area (Å²) in [6.07, 6.45) is 5.43. The smallest absolute Gasteiger partial charge is 0.256 e. The Bertz CT molecular complexity index is 1140. The zero-order valence-corrected chi connectivity index (χ0v) is 18.2. The first-order valence-corrected chi connectivity index (χ1v) is 11.9. The Morgan fingerprint density at radius 1 is 1.07 bits per heavy atom. The van der Waals surface area contributed by atoms with Crippen LogP contribution in [0.15, 0.2) is 48.5 Å². The number of hydrogen-bond acceptors (Lipinski definition) is 3. The maximum atomic E-state index is 13.3. The normalized spacial score (nSPS) is 21.9. The van der Waals surface area contributed by atoms with Crippen LogP contribution in [0.1, 0.15) is 56.2 Å². The molecule has 2 unspecified atom stereocenters. The summed E-state index contributed by atoms with van der Waals surface area (Å²) in [5.74, 6) is 0.318. The van der Waals surface area contributed by atoms with Crippen LogP contribution in [-0.4, -0.2) is 12.1 Å². The van der Waals surface area contributed by atoms with E-state index in [2.05, 4.69) is 46.6 Å². The molecule has 3 nitrogen and oxygen atoms in total. The number of halogens is 1. The lowest BCUT2D eigenvalue weighted by Crippen LogP contribution is -2.57. The fourth-order valence-corrected chi connectivity index (χ4v) is 6.92. The van der Waals surface area contributed by atoms with Crippen molar-refractivity contribution in [2.24, 2.45) is 0 Å². The first kappa shape index (κ1) is 18.5. The molecule has 1 aromatic heterocycles. The van der Waals surface area contributed by atoms with Crippen molar-refractivity contribution in [3.8, 4) is 0 Å². The molecule has 6 rings (SSSR count). The van der Waals surface area contributed by atoms with E-state index in [9.17, 15) is 4.79 Å². The maximum absolute atomic E-state index is 13.3. The van der Waals surface area contributed by atoms with Gasteiger partial charge in [-0.1, -0.05) is 48.0 Å². The second kappa shape index (κ2) is 7.14. The number of thiophene rings is 1. The van der Waals surface area contributed by atoms with Gasteiger partial charge in [0.25, 0.3) is 5.91 Å². The molecule has 0 spiro atoms. The van der Waals surface area contributed by atoms with E-state index < -0.39 is 0 Å². The summed E-state index contributed by atoms with van der Waals surface area (Å²) < 4.78 is 0. The number of aryl methyl sites for hydroxylation is 1. The van der Waals surface area contributed by atoms with Gasteiger partial charge in [0.2, 0.25) is 0 Å². The summed E-state index contributed by atoms with van der Waals surface area (Å²) in [4.78, 5) is 17.2. The van der Waals surface area contributed by atoms with E-state index in [0.717, 1.165) is 36.4 Å². The van der Waals surface area contributed by atoms with Crippen LogP contribution in [0.5, 0.6) is 0 Å². The molecular formula is C25H23ClN2OS. The van der Waals surface area contributed by atoms with Gasteiger partial charge in [0.15, 0.2) is 0 Å². The van der Waals surface area contributed by atoms with E-state index in [-0.39, 0.29) is 18.0 Å². The number of benzene rings is 2. The second-order valence-corrected chi connectivity index (χ2v) is 10.1. The lowest BCUT2D eigenvalue weighted by Gasteiger charge is -2.46. The zero-order chi connectivity index (χ0) is 20.2. The van der Waals surface area contributed by atoms with Crippen molar-refractivity contribution in [1.82, 2.24) is 5.32 Å². The van der Waals surface area contributed by atoms with Crippen molar-refractivity contribution in [3.05, 3.63) is 86.2 Å². The number of carbonyl (C=O) groups is 1. The second-order valence-electron chi connectivity index (χ2n) is 8.57.